The second-order valence-corrected chi connectivity index (χ2v) is 3.59. The lowest BCUT2D eigenvalue weighted by atomic mass is 9.87. The zero-order chi connectivity index (χ0) is 13.1. The molecule has 1 aromatic carbocycles. The predicted molar refractivity (Wildman–Crippen MR) is 55.0 cm³/mol. The fraction of sp³-hybridized carbons (Fsp3) is 0.364. The molecule has 6 heteroatoms. The number of benzene rings is 1. The minimum atomic E-state index is -4.73. The molecule has 0 spiro atoms. The molecule has 0 unspecified atom stereocenters. The molecule has 0 amide bonds. The molecule has 1 rings (SSSR count). The highest BCUT2D eigenvalue weighted by molar-refractivity contribution is 5.71. The van der Waals surface area contributed by atoms with Gasteiger partial charge in [0, 0.05) is 0 Å². The summed E-state index contributed by atoms with van der Waals surface area (Å²) < 4.78 is 43.1. The summed E-state index contributed by atoms with van der Waals surface area (Å²) in [5.41, 5.74) is 2.46. The Bertz CT molecular complexity index is 391. The van der Waals surface area contributed by atoms with E-state index < -0.39 is 24.1 Å². The average molecular weight is 247 g/mol. The van der Waals surface area contributed by atoms with E-state index in [1.54, 1.807) is 6.07 Å². The van der Waals surface area contributed by atoms with Crippen LogP contribution in [0.25, 0.3) is 0 Å². The Labute approximate surface area is 96.4 Å². The SMILES string of the molecule is COC(=O)C[C@](N)(c1ccccc1)C(F)(F)F. The highest BCUT2D eigenvalue weighted by Gasteiger charge is 2.54. The molecule has 1 atom stereocenters. The van der Waals surface area contributed by atoms with E-state index in [1.165, 1.54) is 24.3 Å². The molecule has 1 aromatic rings. The quantitative estimate of drug-likeness (QED) is 0.831. The van der Waals surface area contributed by atoms with E-state index in [0.717, 1.165) is 7.11 Å². The van der Waals surface area contributed by atoms with E-state index in [-0.39, 0.29) is 5.56 Å². The number of carbonyl (C=O) groups is 1. The van der Waals surface area contributed by atoms with E-state index in [9.17, 15) is 18.0 Å². The van der Waals surface area contributed by atoms with E-state index in [0.29, 0.717) is 0 Å². The van der Waals surface area contributed by atoms with Gasteiger partial charge in [-0.25, -0.2) is 0 Å². The molecule has 0 saturated carbocycles. The maximum Gasteiger partial charge on any atom is 0.411 e. The summed E-state index contributed by atoms with van der Waals surface area (Å²) in [6.07, 6.45) is -5.68. The van der Waals surface area contributed by atoms with Gasteiger partial charge in [0.25, 0.3) is 0 Å². The lowest BCUT2D eigenvalue weighted by Gasteiger charge is -2.31. The lowest BCUT2D eigenvalue weighted by molar-refractivity contribution is -0.197. The standard InChI is InChI=1S/C11H12F3NO2/c1-17-9(16)7-10(15,11(12,13)14)8-5-3-2-4-6-8/h2-6H,7,15H2,1H3/t10-/m0/s1. The molecule has 94 valence electrons. The van der Waals surface area contributed by atoms with Gasteiger partial charge in [0.1, 0.15) is 5.54 Å². The van der Waals surface area contributed by atoms with Gasteiger partial charge in [-0.05, 0) is 5.56 Å². The second-order valence-electron chi connectivity index (χ2n) is 3.59. The summed E-state index contributed by atoms with van der Waals surface area (Å²) in [4.78, 5) is 11.0. The highest BCUT2D eigenvalue weighted by Crippen LogP contribution is 2.39. The van der Waals surface area contributed by atoms with Gasteiger partial charge in [-0.3, -0.25) is 4.79 Å². The number of alkyl halides is 3. The molecule has 0 heterocycles. The summed E-state index contributed by atoms with van der Waals surface area (Å²) in [6, 6.07) is 6.89. The molecule has 0 bridgehead atoms. The summed E-state index contributed by atoms with van der Waals surface area (Å²) in [5, 5.41) is 0. The Balaban J connectivity index is 3.16. The second kappa shape index (κ2) is 4.75. The molecular weight excluding hydrogens is 235 g/mol. The van der Waals surface area contributed by atoms with Gasteiger partial charge in [-0.1, -0.05) is 30.3 Å². The zero-order valence-electron chi connectivity index (χ0n) is 9.12. The number of rotatable bonds is 3. The summed E-state index contributed by atoms with van der Waals surface area (Å²) in [5.74, 6) is -1.01. The van der Waals surface area contributed by atoms with Gasteiger partial charge in [-0.15, -0.1) is 0 Å². The van der Waals surface area contributed by atoms with E-state index in [2.05, 4.69) is 4.74 Å². The first kappa shape index (κ1) is 13.5. The molecule has 0 aliphatic heterocycles. The van der Waals surface area contributed by atoms with Gasteiger partial charge in [0.05, 0.1) is 13.5 Å². The maximum absolute atomic E-state index is 13.0. The van der Waals surface area contributed by atoms with Crippen LogP contribution in [0.15, 0.2) is 30.3 Å². The van der Waals surface area contributed by atoms with E-state index in [4.69, 9.17) is 5.73 Å². The molecule has 17 heavy (non-hydrogen) atoms. The van der Waals surface area contributed by atoms with Gasteiger partial charge < -0.3 is 10.5 Å². The molecule has 0 fully saturated rings. The number of nitrogens with two attached hydrogens (primary N) is 1. The van der Waals surface area contributed by atoms with Crippen molar-refractivity contribution in [3.8, 4) is 0 Å². The number of carbonyl (C=O) groups excluding carboxylic acids is 1. The van der Waals surface area contributed by atoms with Gasteiger partial charge in [0.15, 0.2) is 0 Å². The topological polar surface area (TPSA) is 52.3 Å². The predicted octanol–water partition coefficient (Wildman–Crippen LogP) is 1.97. The first-order valence-corrected chi connectivity index (χ1v) is 4.79. The van der Waals surface area contributed by atoms with Crippen LogP contribution in [0.1, 0.15) is 12.0 Å². The molecule has 2 N–H and O–H groups in total. The molecule has 0 aromatic heterocycles. The number of methoxy groups -OCH3 is 1. The maximum atomic E-state index is 13.0. The van der Waals surface area contributed by atoms with Crippen molar-refractivity contribution in [1.29, 1.82) is 0 Å². The van der Waals surface area contributed by atoms with Crippen molar-refractivity contribution < 1.29 is 22.7 Å². The van der Waals surface area contributed by atoms with Crippen LogP contribution in [0.4, 0.5) is 13.2 Å². The Hall–Kier alpha value is -1.56. The van der Waals surface area contributed by atoms with Crippen molar-refractivity contribution in [1.82, 2.24) is 0 Å². The fourth-order valence-corrected chi connectivity index (χ4v) is 1.40. The van der Waals surface area contributed by atoms with Crippen LogP contribution in [0.5, 0.6) is 0 Å². The summed E-state index contributed by atoms with van der Waals surface area (Å²) >= 11 is 0. The fourth-order valence-electron chi connectivity index (χ4n) is 1.40. The van der Waals surface area contributed by atoms with Crippen LogP contribution in [0.2, 0.25) is 0 Å². The van der Waals surface area contributed by atoms with E-state index >= 15 is 0 Å². The normalized spacial score (nSPS) is 15.1. The Morgan fingerprint density at radius 2 is 1.82 bits per heavy atom. The molecule has 0 radical (unpaired) electrons. The van der Waals surface area contributed by atoms with E-state index in [1.807, 2.05) is 0 Å². The van der Waals surface area contributed by atoms with Gasteiger partial charge >= 0.3 is 12.1 Å². The van der Waals surface area contributed by atoms with Crippen LogP contribution in [-0.4, -0.2) is 19.3 Å². The van der Waals surface area contributed by atoms with Crippen LogP contribution in [0.3, 0.4) is 0 Å². The number of halogens is 3. The van der Waals surface area contributed by atoms with Crippen LogP contribution < -0.4 is 5.73 Å². The highest BCUT2D eigenvalue weighted by atomic mass is 19.4. The Morgan fingerprint density at radius 3 is 2.24 bits per heavy atom. The first-order chi connectivity index (χ1) is 7.81. The minimum absolute atomic E-state index is 0.169. The number of hydrogen-bond acceptors (Lipinski definition) is 3. The molecule has 3 nitrogen and oxygen atoms in total. The third-order valence-electron chi connectivity index (χ3n) is 2.45. The molecule has 0 aliphatic carbocycles. The van der Waals surface area contributed by atoms with Crippen molar-refractivity contribution in [3.05, 3.63) is 35.9 Å². The van der Waals surface area contributed by atoms with Crippen molar-refractivity contribution in [2.24, 2.45) is 5.73 Å². The van der Waals surface area contributed by atoms with Crippen molar-refractivity contribution >= 4 is 5.97 Å². The third-order valence-corrected chi connectivity index (χ3v) is 2.45. The van der Waals surface area contributed by atoms with Crippen LogP contribution in [-0.2, 0) is 15.1 Å². The number of esters is 1. The van der Waals surface area contributed by atoms with Gasteiger partial charge in [-0.2, -0.15) is 13.2 Å². The van der Waals surface area contributed by atoms with Crippen molar-refractivity contribution in [3.63, 3.8) is 0 Å². The average Bonchev–Trinajstić information content (AvgIpc) is 2.28. The molecule has 0 saturated heterocycles. The largest absolute Gasteiger partial charge is 0.469 e. The van der Waals surface area contributed by atoms with Crippen molar-refractivity contribution in [2.45, 2.75) is 18.1 Å². The summed E-state index contributed by atoms with van der Waals surface area (Å²) in [6.45, 7) is 0. The van der Waals surface area contributed by atoms with Crippen LogP contribution >= 0.6 is 0 Å². The number of hydrogen-bond donors (Lipinski definition) is 1. The lowest BCUT2D eigenvalue weighted by Crippen LogP contribution is -2.52. The Kier molecular flexibility index (Phi) is 3.77. The van der Waals surface area contributed by atoms with Gasteiger partial charge in [0.2, 0.25) is 0 Å². The van der Waals surface area contributed by atoms with Crippen LogP contribution in [0, 0.1) is 0 Å². The third kappa shape index (κ3) is 2.76. The molecule has 0 aliphatic rings. The minimum Gasteiger partial charge on any atom is -0.469 e. The summed E-state index contributed by atoms with van der Waals surface area (Å²) in [7, 11) is 1.02. The Morgan fingerprint density at radius 1 is 1.29 bits per heavy atom. The first-order valence-electron chi connectivity index (χ1n) is 4.79. The molecular formula is C11H12F3NO2. The zero-order valence-corrected chi connectivity index (χ0v) is 9.12. The number of ether oxygens (including phenoxy) is 1. The van der Waals surface area contributed by atoms with Crippen molar-refractivity contribution in [2.75, 3.05) is 7.11 Å². The smallest absolute Gasteiger partial charge is 0.411 e. The monoisotopic (exact) mass is 247 g/mol.